The Hall–Kier alpha value is -1.35. The number of hydrogen-bond donors (Lipinski definition) is 0. The largest absolute Gasteiger partial charge is 0.308 e. The van der Waals surface area contributed by atoms with Gasteiger partial charge in [0.2, 0.25) is 0 Å². The normalized spacial score (nSPS) is 12.9. The van der Waals surface area contributed by atoms with Gasteiger partial charge in [-0.2, -0.15) is 0 Å². The molecular formula is C24H35ClN2. The zero-order chi connectivity index (χ0) is 19.8. The van der Waals surface area contributed by atoms with Crippen molar-refractivity contribution in [2.45, 2.75) is 52.7 Å². The number of rotatable bonds is 10. The monoisotopic (exact) mass is 386 g/mol. The van der Waals surface area contributed by atoms with E-state index in [2.05, 4.69) is 81.1 Å². The molecule has 0 fully saturated rings. The van der Waals surface area contributed by atoms with Crippen LogP contribution in [0.3, 0.4) is 0 Å². The summed E-state index contributed by atoms with van der Waals surface area (Å²) in [7, 11) is 4.33. The van der Waals surface area contributed by atoms with Crippen LogP contribution in [-0.2, 0) is 19.5 Å². The maximum absolute atomic E-state index is 6.50. The first-order valence-corrected chi connectivity index (χ1v) is 10.5. The lowest BCUT2D eigenvalue weighted by Gasteiger charge is -2.35. The summed E-state index contributed by atoms with van der Waals surface area (Å²) in [5.41, 5.74) is 3.99. The molecule has 27 heavy (non-hydrogen) atoms. The highest BCUT2D eigenvalue weighted by Crippen LogP contribution is 2.23. The van der Waals surface area contributed by atoms with Gasteiger partial charge in [-0.25, -0.2) is 0 Å². The van der Waals surface area contributed by atoms with E-state index in [4.69, 9.17) is 11.6 Å². The summed E-state index contributed by atoms with van der Waals surface area (Å²) in [6.45, 7) is 9.72. The van der Waals surface area contributed by atoms with Gasteiger partial charge in [-0.05, 0) is 55.6 Å². The minimum absolute atomic E-state index is 0.488. The van der Waals surface area contributed by atoms with Gasteiger partial charge in [0.05, 0.1) is 0 Å². The SMILES string of the molecule is CCc1cccc(CN(Cc2ccccc2Cl)[C@@H](CC(C)C)CN(C)C)c1. The van der Waals surface area contributed by atoms with Crippen molar-refractivity contribution in [2.75, 3.05) is 20.6 Å². The van der Waals surface area contributed by atoms with Crippen molar-refractivity contribution >= 4 is 11.6 Å². The van der Waals surface area contributed by atoms with Crippen LogP contribution in [0.25, 0.3) is 0 Å². The molecule has 0 heterocycles. The van der Waals surface area contributed by atoms with E-state index in [0.29, 0.717) is 12.0 Å². The van der Waals surface area contributed by atoms with E-state index in [-0.39, 0.29) is 0 Å². The molecule has 2 aromatic carbocycles. The molecule has 0 radical (unpaired) electrons. The first-order chi connectivity index (χ1) is 12.9. The van der Waals surface area contributed by atoms with Gasteiger partial charge in [0.25, 0.3) is 0 Å². The van der Waals surface area contributed by atoms with Gasteiger partial charge in [-0.1, -0.05) is 74.8 Å². The Bertz CT molecular complexity index is 686. The maximum atomic E-state index is 6.50. The summed E-state index contributed by atoms with van der Waals surface area (Å²) in [5, 5.41) is 0.859. The van der Waals surface area contributed by atoms with Crippen LogP contribution in [0, 0.1) is 5.92 Å². The molecule has 0 unspecified atom stereocenters. The number of aryl methyl sites for hydroxylation is 1. The zero-order valence-corrected chi connectivity index (χ0v) is 18.3. The second-order valence-electron chi connectivity index (χ2n) is 8.22. The quantitative estimate of drug-likeness (QED) is 0.503. The molecule has 3 heteroatoms. The summed E-state index contributed by atoms with van der Waals surface area (Å²) in [5.74, 6) is 0.658. The van der Waals surface area contributed by atoms with Crippen LogP contribution in [0.5, 0.6) is 0 Å². The standard InChI is InChI=1S/C24H35ClN2/c1-6-20-10-9-11-21(15-20)16-27(17-22-12-7-8-13-24(22)25)23(14-19(2)3)18-26(4)5/h7-13,15,19,23H,6,14,16-18H2,1-5H3/t23-/m0/s1. The van der Waals surface area contributed by atoms with E-state index in [0.717, 1.165) is 31.1 Å². The van der Waals surface area contributed by atoms with Gasteiger partial charge < -0.3 is 4.90 Å². The molecule has 0 N–H and O–H groups in total. The number of nitrogens with zero attached hydrogens (tertiary/aromatic N) is 2. The Labute approximate surface area is 171 Å². The summed E-state index contributed by atoms with van der Waals surface area (Å²) in [4.78, 5) is 4.91. The maximum Gasteiger partial charge on any atom is 0.0451 e. The van der Waals surface area contributed by atoms with Crippen LogP contribution < -0.4 is 0 Å². The number of halogens is 1. The molecule has 2 aromatic rings. The van der Waals surface area contributed by atoms with Crippen molar-refractivity contribution in [1.29, 1.82) is 0 Å². The lowest BCUT2D eigenvalue weighted by Crippen LogP contribution is -2.42. The lowest BCUT2D eigenvalue weighted by molar-refractivity contribution is 0.127. The van der Waals surface area contributed by atoms with Crippen molar-refractivity contribution in [2.24, 2.45) is 5.92 Å². The minimum Gasteiger partial charge on any atom is -0.308 e. The third-order valence-electron chi connectivity index (χ3n) is 4.95. The molecule has 2 nitrogen and oxygen atoms in total. The fraction of sp³-hybridized carbons (Fsp3) is 0.500. The van der Waals surface area contributed by atoms with Crippen LogP contribution in [0.2, 0.25) is 5.02 Å². The average molecular weight is 387 g/mol. The third-order valence-corrected chi connectivity index (χ3v) is 5.32. The molecule has 0 saturated carbocycles. The molecule has 0 amide bonds. The second kappa shape index (κ2) is 10.8. The Kier molecular flexibility index (Phi) is 8.82. The van der Waals surface area contributed by atoms with Crippen molar-refractivity contribution < 1.29 is 0 Å². The van der Waals surface area contributed by atoms with Gasteiger partial charge in [-0.3, -0.25) is 4.90 Å². The van der Waals surface area contributed by atoms with Gasteiger partial charge in [-0.15, -0.1) is 0 Å². The van der Waals surface area contributed by atoms with E-state index in [9.17, 15) is 0 Å². The highest BCUT2D eigenvalue weighted by atomic mass is 35.5. The van der Waals surface area contributed by atoms with Crippen LogP contribution in [0.15, 0.2) is 48.5 Å². The lowest BCUT2D eigenvalue weighted by atomic mass is 9.99. The van der Waals surface area contributed by atoms with Crippen LogP contribution in [-0.4, -0.2) is 36.5 Å². The van der Waals surface area contributed by atoms with Crippen molar-refractivity contribution in [3.63, 3.8) is 0 Å². The molecule has 148 valence electrons. The van der Waals surface area contributed by atoms with Gasteiger partial charge in [0.15, 0.2) is 0 Å². The molecule has 0 aliphatic heterocycles. The molecule has 0 saturated heterocycles. The van der Waals surface area contributed by atoms with E-state index >= 15 is 0 Å². The van der Waals surface area contributed by atoms with Gasteiger partial charge in [0.1, 0.15) is 0 Å². The molecule has 0 aliphatic carbocycles. The Morgan fingerprint density at radius 1 is 0.926 bits per heavy atom. The first-order valence-electron chi connectivity index (χ1n) is 10.1. The number of hydrogen-bond acceptors (Lipinski definition) is 2. The number of likely N-dealkylation sites (N-methyl/N-ethyl adjacent to an activating group) is 1. The molecule has 1 atom stereocenters. The smallest absolute Gasteiger partial charge is 0.0451 e. The Balaban J connectivity index is 2.31. The average Bonchev–Trinajstić information content (AvgIpc) is 2.62. The van der Waals surface area contributed by atoms with E-state index in [1.165, 1.54) is 23.1 Å². The van der Waals surface area contributed by atoms with Gasteiger partial charge >= 0.3 is 0 Å². The highest BCUT2D eigenvalue weighted by molar-refractivity contribution is 6.31. The summed E-state index contributed by atoms with van der Waals surface area (Å²) in [6, 6.07) is 17.7. The predicted octanol–water partition coefficient (Wildman–Crippen LogP) is 5.88. The van der Waals surface area contributed by atoms with Crippen LogP contribution >= 0.6 is 11.6 Å². The van der Waals surface area contributed by atoms with Gasteiger partial charge in [0, 0.05) is 30.7 Å². The minimum atomic E-state index is 0.488. The predicted molar refractivity (Wildman–Crippen MR) is 118 cm³/mol. The van der Waals surface area contributed by atoms with E-state index in [1.807, 2.05) is 12.1 Å². The second-order valence-corrected chi connectivity index (χ2v) is 8.62. The summed E-state index contributed by atoms with van der Waals surface area (Å²) >= 11 is 6.50. The summed E-state index contributed by atoms with van der Waals surface area (Å²) < 4.78 is 0. The Morgan fingerprint density at radius 3 is 2.26 bits per heavy atom. The molecule has 0 bridgehead atoms. The topological polar surface area (TPSA) is 6.48 Å². The Morgan fingerprint density at radius 2 is 1.63 bits per heavy atom. The molecular weight excluding hydrogens is 352 g/mol. The van der Waals surface area contributed by atoms with Crippen LogP contribution in [0.1, 0.15) is 43.9 Å². The molecule has 2 rings (SSSR count). The highest BCUT2D eigenvalue weighted by Gasteiger charge is 2.22. The molecule has 0 spiro atoms. The number of benzene rings is 2. The van der Waals surface area contributed by atoms with E-state index in [1.54, 1.807) is 0 Å². The molecule has 0 aliphatic rings. The van der Waals surface area contributed by atoms with Crippen molar-refractivity contribution in [1.82, 2.24) is 9.80 Å². The molecule has 0 aromatic heterocycles. The van der Waals surface area contributed by atoms with Crippen molar-refractivity contribution in [3.8, 4) is 0 Å². The first kappa shape index (κ1) is 21.9. The zero-order valence-electron chi connectivity index (χ0n) is 17.6. The fourth-order valence-corrected chi connectivity index (χ4v) is 3.84. The third kappa shape index (κ3) is 7.29. The summed E-state index contributed by atoms with van der Waals surface area (Å²) in [6.07, 6.45) is 2.25. The van der Waals surface area contributed by atoms with Crippen LogP contribution in [0.4, 0.5) is 0 Å². The van der Waals surface area contributed by atoms with Crippen molar-refractivity contribution in [3.05, 3.63) is 70.2 Å². The fourth-order valence-electron chi connectivity index (χ4n) is 3.65. The van der Waals surface area contributed by atoms with E-state index < -0.39 is 0 Å².